The summed E-state index contributed by atoms with van der Waals surface area (Å²) in [4.78, 5) is 15.5. The van der Waals surface area contributed by atoms with Gasteiger partial charge in [-0.1, -0.05) is 12.1 Å². The highest BCUT2D eigenvalue weighted by molar-refractivity contribution is 5.68. The molecule has 3 aromatic heterocycles. The van der Waals surface area contributed by atoms with E-state index >= 15 is 0 Å². The quantitative estimate of drug-likeness (QED) is 0.450. The highest BCUT2D eigenvalue weighted by Crippen LogP contribution is 2.31. The highest BCUT2D eigenvalue weighted by atomic mass is 19.1. The van der Waals surface area contributed by atoms with E-state index in [1.54, 1.807) is 41.5 Å². The number of rotatable bonds is 6. The van der Waals surface area contributed by atoms with Gasteiger partial charge < -0.3 is 20.5 Å². The normalized spacial score (nSPS) is 17.8. The average molecular weight is 462 g/mol. The lowest BCUT2D eigenvalue weighted by Crippen LogP contribution is -2.33. The van der Waals surface area contributed by atoms with Gasteiger partial charge in [-0.2, -0.15) is 5.10 Å². The van der Waals surface area contributed by atoms with Crippen LogP contribution in [-0.2, 0) is 0 Å². The number of ether oxygens (including phenoxy) is 1. The van der Waals surface area contributed by atoms with Crippen LogP contribution < -0.4 is 15.4 Å². The molecule has 0 unspecified atom stereocenters. The first-order valence-corrected chi connectivity index (χ1v) is 10.9. The Morgan fingerprint density at radius 1 is 1.15 bits per heavy atom. The summed E-state index contributed by atoms with van der Waals surface area (Å²) < 4.78 is 21.5. The number of aliphatic hydroxyl groups excluding tert-OH is 1. The molecule has 1 aromatic carbocycles. The molecule has 3 N–H and O–H groups in total. The maximum Gasteiger partial charge on any atom is 0.166 e. The Labute approximate surface area is 195 Å². The number of methoxy groups -OCH3 is 1. The Hall–Kier alpha value is -3.89. The summed E-state index contributed by atoms with van der Waals surface area (Å²) in [5.41, 5.74) is 7.60. The van der Waals surface area contributed by atoms with Gasteiger partial charge >= 0.3 is 0 Å². The lowest BCUT2D eigenvalue weighted by atomic mass is 10.1. The van der Waals surface area contributed by atoms with E-state index in [9.17, 15) is 9.50 Å². The van der Waals surface area contributed by atoms with Crippen LogP contribution in [0.1, 0.15) is 6.42 Å². The fourth-order valence-corrected chi connectivity index (χ4v) is 4.22. The van der Waals surface area contributed by atoms with Crippen molar-refractivity contribution in [3.05, 3.63) is 66.9 Å². The number of benzene rings is 1. The van der Waals surface area contributed by atoms with E-state index in [-0.39, 0.29) is 30.1 Å². The predicted octanol–water partition coefficient (Wildman–Crippen LogP) is 2.44. The number of nitrogens with two attached hydrogens (primary N) is 1. The molecular weight excluding hydrogens is 437 g/mol. The number of hydrogen-bond acceptors (Lipinski definition) is 8. The number of hydrogen-bond donors (Lipinski definition) is 2. The topological polar surface area (TPSA) is 115 Å². The van der Waals surface area contributed by atoms with E-state index in [2.05, 4.69) is 15.1 Å². The van der Waals surface area contributed by atoms with E-state index in [1.807, 2.05) is 23.1 Å². The van der Waals surface area contributed by atoms with Crippen LogP contribution in [0, 0.1) is 5.82 Å². The zero-order chi connectivity index (χ0) is 23.7. The van der Waals surface area contributed by atoms with Crippen molar-refractivity contribution in [1.82, 2.24) is 24.7 Å². The molecular formula is C24H24FN7O2. The minimum atomic E-state index is -0.462. The lowest BCUT2D eigenvalue weighted by molar-refractivity contribution is 0.265. The number of anilines is 1. The summed E-state index contributed by atoms with van der Waals surface area (Å²) in [5.74, 6) is 1.47. The molecule has 0 aliphatic carbocycles. The van der Waals surface area contributed by atoms with Crippen molar-refractivity contribution in [2.75, 3.05) is 25.2 Å². The minimum absolute atomic E-state index is 0.000974. The van der Waals surface area contributed by atoms with Gasteiger partial charge in [-0.15, -0.1) is 0 Å². The summed E-state index contributed by atoms with van der Waals surface area (Å²) in [5, 5.41) is 14.1. The maximum atomic E-state index is 14.5. The van der Waals surface area contributed by atoms with Crippen LogP contribution in [0.15, 0.2) is 61.1 Å². The summed E-state index contributed by atoms with van der Waals surface area (Å²) in [7, 11) is 1.48. The van der Waals surface area contributed by atoms with Gasteiger partial charge in [-0.25, -0.2) is 24.0 Å². The van der Waals surface area contributed by atoms with Crippen LogP contribution in [0.5, 0.6) is 5.75 Å². The van der Waals surface area contributed by atoms with Crippen molar-refractivity contribution in [3.63, 3.8) is 0 Å². The Morgan fingerprint density at radius 3 is 2.79 bits per heavy atom. The number of aliphatic hydroxyl groups is 1. The molecule has 0 bridgehead atoms. The monoisotopic (exact) mass is 461 g/mol. The second-order valence-corrected chi connectivity index (χ2v) is 8.09. The number of aromatic nitrogens is 5. The fourth-order valence-electron chi connectivity index (χ4n) is 4.22. The Kier molecular flexibility index (Phi) is 5.91. The van der Waals surface area contributed by atoms with E-state index in [1.165, 1.54) is 13.2 Å². The van der Waals surface area contributed by atoms with Gasteiger partial charge in [-0.3, -0.25) is 0 Å². The molecule has 174 valence electrons. The summed E-state index contributed by atoms with van der Waals surface area (Å²) in [6.07, 6.45) is 5.76. The second kappa shape index (κ2) is 9.16. The predicted molar refractivity (Wildman–Crippen MR) is 125 cm³/mol. The first-order chi connectivity index (χ1) is 16.6. The Bertz CT molecular complexity index is 1310. The van der Waals surface area contributed by atoms with Crippen molar-refractivity contribution < 1.29 is 14.2 Å². The summed E-state index contributed by atoms with van der Waals surface area (Å²) in [6, 6.07) is 11.9. The minimum Gasteiger partial charge on any atom is -0.496 e. The van der Waals surface area contributed by atoms with Gasteiger partial charge in [0, 0.05) is 30.5 Å². The molecule has 2 atom stereocenters. The molecule has 1 saturated heterocycles. The Balaban J connectivity index is 1.45. The van der Waals surface area contributed by atoms with Gasteiger partial charge in [0.25, 0.3) is 0 Å². The second-order valence-electron chi connectivity index (χ2n) is 8.09. The van der Waals surface area contributed by atoms with E-state index in [0.29, 0.717) is 23.8 Å². The van der Waals surface area contributed by atoms with Crippen molar-refractivity contribution >= 4 is 5.82 Å². The largest absolute Gasteiger partial charge is 0.496 e. The van der Waals surface area contributed by atoms with Crippen molar-refractivity contribution in [2.45, 2.75) is 18.5 Å². The van der Waals surface area contributed by atoms with Crippen LogP contribution in [0.3, 0.4) is 0 Å². The number of nitrogens with zero attached hydrogens (tertiary/aromatic N) is 6. The molecule has 0 saturated carbocycles. The SMILES string of the molecule is COc1cccc(F)c1-c1nccc(-c2cnn(-c3cccc(N4C[C@H](N)C[C@@H]4CO)n3)c2)n1. The number of halogens is 1. The molecule has 4 heterocycles. The van der Waals surface area contributed by atoms with Crippen LogP contribution >= 0.6 is 0 Å². The smallest absolute Gasteiger partial charge is 0.166 e. The van der Waals surface area contributed by atoms with Crippen LogP contribution in [0.2, 0.25) is 0 Å². The number of pyridine rings is 1. The summed E-state index contributed by atoms with van der Waals surface area (Å²) in [6.45, 7) is 0.656. The first-order valence-electron chi connectivity index (χ1n) is 10.9. The molecule has 34 heavy (non-hydrogen) atoms. The van der Waals surface area contributed by atoms with Crippen molar-refractivity contribution in [1.29, 1.82) is 0 Å². The van der Waals surface area contributed by atoms with Crippen LogP contribution in [0.25, 0.3) is 28.5 Å². The Morgan fingerprint density at radius 2 is 1.97 bits per heavy atom. The lowest BCUT2D eigenvalue weighted by Gasteiger charge is -2.24. The molecule has 1 aliphatic rings. The third kappa shape index (κ3) is 4.09. The van der Waals surface area contributed by atoms with Gasteiger partial charge in [0.05, 0.1) is 37.2 Å². The molecule has 0 spiro atoms. The zero-order valence-electron chi connectivity index (χ0n) is 18.5. The van der Waals surface area contributed by atoms with E-state index in [0.717, 1.165) is 17.8 Å². The van der Waals surface area contributed by atoms with Crippen molar-refractivity contribution in [3.8, 4) is 34.2 Å². The molecule has 0 amide bonds. The molecule has 1 fully saturated rings. The fraction of sp³-hybridized carbons (Fsp3) is 0.250. The average Bonchev–Trinajstić information content (AvgIpc) is 3.51. The molecule has 4 aromatic rings. The zero-order valence-corrected chi connectivity index (χ0v) is 18.5. The maximum absolute atomic E-state index is 14.5. The van der Waals surface area contributed by atoms with Crippen LogP contribution in [-0.4, -0.2) is 62.2 Å². The third-order valence-electron chi connectivity index (χ3n) is 5.86. The van der Waals surface area contributed by atoms with Crippen molar-refractivity contribution in [2.24, 2.45) is 5.73 Å². The molecule has 9 nitrogen and oxygen atoms in total. The standard InChI is InChI=1S/C24H24FN7O2/c1-34-20-5-2-4-18(25)23(20)24-27-9-8-19(29-24)15-11-28-32(12-15)22-7-3-6-21(30-22)31-13-16(26)10-17(31)14-33/h2-9,11-12,16-17,33H,10,13-14,26H2,1H3/t16-,17-/m1/s1. The molecule has 5 rings (SSSR count). The third-order valence-corrected chi connectivity index (χ3v) is 5.86. The molecule has 1 aliphatic heterocycles. The highest BCUT2D eigenvalue weighted by Gasteiger charge is 2.30. The van der Waals surface area contributed by atoms with Crippen LogP contribution in [0.4, 0.5) is 10.2 Å². The first kappa shape index (κ1) is 21.9. The summed E-state index contributed by atoms with van der Waals surface area (Å²) >= 11 is 0. The molecule has 0 radical (unpaired) electrons. The van der Waals surface area contributed by atoms with Gasteiger partial charge in [-0.05, 0) is 36.8 Å². The van der Waals surface area contributed by atoms with E-state index in [4.69, 9.17) is 15.5 Å². The van der Waals surface area contributed by atoms with Gasteiger partial charge in [0.15, 0.2) is 11.6 Å². The van der Waals surface area contributed by atoms with Gasteiger partial charge in [0.2, 0.25) is 0 Å². The molecule has 10 heteroatoms. The van der Waals surface area contributed by atoms with E-state index < -0.39 is 5.82 Å². The van der Waals surface area contributed by atoms with Gasteiger partial charge in [0.1, 0.15) is 17.4 Å².